The van der Waals surface area contributed by atoms with Gasteiger partial charge in [0, 0.05) is 17.4 Å². The minimum atomic E-state index is -0.991. The van der Waals surface area contributed by atoms with Gasteiger partial charge < -0.3 is 54.7 Å². The molecule has 2 amide bonds. The predicted molar refractivity (Wildman–Crippen MR) is 242 cm³/mol. The number of hydrogen-bond donors (Lipinski definition) is 4. The van der Waals surface area contributed by atoms with E-state index in [1.807, 2.05) is 65.2 Å². The summed E-state index contributed by atoms with van der Waals surface area (Å²) in [7, 11) is 2.91. The van der Waals surface area contributed by atoms with Crippen LogP contribution in [0.5, 0.6) is 5.75 Å². The zero-order chi connectivity index (χ0) is 44.2. The number of methoxy groups -OCH3 is 1. The van der Waals surface area contributed by atoms with Crippen LogP contribution in [0.2, 0.25) is 0 Å². The van der Waals surface area contributed by atoms with Gasteiger partial charge >= 0.3 is 11.6 Å². The molecule has 65 heavy (non-hydrogen) atoms. The van der Waals surface area contributed by atoms with Crippen molar-refractivity contribution in [3.63, 3.8) is 0 Å². The molecule has 9 rings (SSSR count). The smallest absolute Gasteiger partial charge is 0.355 e. The molecule has 4 aromatic carbocycles. The highest BCUT2D eigenvalue weighted by molar-refractivity contribution is 8.01. The maximum Gasteiger partial charge on any atom is 0.355 e. The third-order valence-electron chi connectivity index (χ3n) is 11.0. The fourth-order valence-corrected chi connectivity index (χ4v) is 10.0. The zero-order valence-electron chi connectivity index (χ0n) is 35.0. The second kappa shape index (κ2) is 19.7. The number of ether oxygens (including phenoxy) is 2. The first-order chi connectivity index (χ1) is 31.3. The number of nitrogens with zero attached hydrogens (tertiary/aromatic N) is 6. The number of amidine groups is 1. The van der Waals surface area contributed by atoms with E-state index in [-0.39, 0.29) is 48.7 Å². The summed E-state index contributed by atoms with van der Waals surface area (Å²) in [6.45, 7) is 0.210. The number of rotatable bonds is 13. The molecule has 2 aromatic heterocycles. The number of carbonyl (C=O) groups excluding carboxylic acids is 3. The van der Waals surface area contributed by atoms with Crippen molar-refractivity contribution >= 4 is 58.8 Å². The quantitative estimate of drug-likeness (QED) is 0.0150. The Morgan fingerprint density at radius 1 is 0.923 bits per heavy atom. The highest BCUT2D eigenvalue weighted by Crippen LogP contribution is 2.42. The monoisotopic (exact) mass is 1020 g/mol. The van der Waals surface area contributed by atoms with E-state index in [2.05, 4.69) is 62.1 Å². The Hall–Kier alpha value is -6.55. The van der Waals surface area contributed by atoms with Crippen molar-refractivity contribution in [3.05, 3.63) is 185 Å². The summed E-state index contributed by atoms with van der Waals surface area (Å²) in [5.41, 5.74) is 10.5. The van der Waals surface area contributed by atoms with Gasteiger partial charge in [-0.3, -0.25) is 14.5 Å². The van der Waals surface area contributed by atoms with Gasteiger partial charge in [0.1, 0.15) is 53.7 Å². The van der Waals surface area contributed by atoms with Crippen molar-refractivity contribution in [1.82, 2.24) is 35.0 Å². The van der Waals surface area contributed by atoms with E-state index in [9.17, 15) is 14.4 Å². The summed E-state index contributed by atoms with van der Waals surface area (Å²) >= 11 is 2.68. The maximum absolute atomic E-state index is 14.2. The number of amides is 2. The van der Waals surface area contributed by atoms with Crippen LogP contribution >= 0.6 is 23.7 Å². The van der Waals surface area contributed by atoms with E-state index in [0.717, 1.165) is 22.3 Å². The molecule has 0 aliphatic carbocycles. The fourth-order valence-electron chi connectivity index (χ4n) is 7.98. The van der Waals surface area contributed by atoms with Crippen molar-refractivity contribution in [2.75, 3.05) is 25.7 Å². The highest BCUT2D eigenvalue weighted by atomic mass is 127. The zero-order valence-corrected chi connectivity index (χ0v) is 38.8. The predicted octanol–water partition coefficient (Wildman–Crippen LogP) is 1.42. The summed E-state index contributed by atoms with van der Waals surface area (Å²) < 4.78 is 14.6. The molecule has 3 aliphatic heterocycles. The first kappa shape index (κ1) is 45.0. The van der Waals surface area contributed by atoms with Gasteiger partial charge in [0.25, 0.3) is 17.6 Å². The topological polar surface area (TPSA) is 181 Å². The molecule has 16 nitrogen and oxygen atoms in total. The number of nitrogens with one attached hydrogen (secondary N) is 3. The van der Waals surface area contributed by atoms with Gasteiger partial charge in [-0.05, 0) is 46.3 Å². The second-order valence-corrected chi connectivity index (χ2v) is 16.8. The van der Waals surface area contributed by atoms with Crippen molar-refractivity contribution < 1.29 is 57.2 Å². The van der Waals surface area contributed by atoms with Crippen molar-refractivity contribution in [2.45, 2.75) is 30.1 Å². The number of nitrogens with two attached hydrogens (primary N) is 1. The number of β-lactam (4-membered cyclic amide) rings is 1. The van der Waals surface area contributed by atoms with Crippen LogP contribution in [-0.4, -0.2) is 74.5 Å². The lowest BCUT2D eigenvalue weighted by Crippen LogP contribution is -3.00. The number of thioether (sulfide) groups is 1. The molecule has 332 valence electrons. The first-order valence-corrected chi connectivity index (χ1v) is 22.0. The third kappa shape index (κ3) is 8.83. The number of carbonyl (C=O) groups is 3. The molecule has 0 radical (unpaired) electrons. The van der Waals surface area contributed by atoms with Gasteiger partial charge in [0.2, 0.25) is 5.82 Å². The third-order valence-corrected chi connectivity index (χ3v) is 13.1. The van der Waals surface area contributed by atoms with Crippen LogP contribution in [-0.2, 0) is 42.6 Å². The van der Waals surface area contributed by atoms with Gasteiger partial charge in [-0.2, -0.15) is 4.83 Å². The Morgan fingerprint density at radius 2 is 1.57 bits per heavy atom. The highest BCUT2D eigenvalue weighted by Gasteiger charge is 2.55. The number of benzene rings is 4. The number of fused-ring (bicyclic) bond motifs is 2. The normalized spacial score (nSPS) is 17.1. The average molecular weight is 1020 g/mol. The molecule has 1 saturated heterocycles. The van der Waals surface area contributed by atoms with Crippen molar-refractivity contribution in [2.24, 2.45) is 5.16 Å². The van der Waals surface area contributed by atoms with Crippen LogP contribution in [0.3, 0.4) is 0 Å². The van der Waals surface area contributed by atoms with Gasteiger partial charge in [0.05, 0.1) is 31.8 Å². The van der Waals surface area contributed by atoms with Crippen LogP contribution < -0.4 is 54.5 Å². The number of halogens is 1. The number of nitrogen functional groups attached to an aromatic ring is 1. The summed E-state index contributed by atoms with van der Waals surface area (Å²) in [4.78, 5) is 52.2. The van der Waals surface area contributed by atoms with Crippen LogP contribution in [0.4, 0.5) is 5.82 Å². The van der Waals surface area contributed by atoms with Gasteiger partial charge in [-0.25, -0.2) is 14.4 Å². The molecular weight excluding hydrogens is 980 g/mol. The Balaban J connectivity index is 0.00000576. The average Bonchev–Trinajstić information content (AvgIpc) is 4.04. The summed E-state index contributed by atoms with van der Waals surface area (Å²) in [5, 5.41) is 16.5. The Morgan fingerprint density at radius 3 is 2.18 bits per heavy atom. The van der Waals surface area contributed by atoms with Crippen LogP contribution in [0, 0.1) is 0 Å². The summed E-state index contributed by atoms with van der Waals surface area (Å²) in [5.74, 6) is -0.501. The molecule has 0 unspecified atom stereocenters. The lowest BCUT2D eigenvalue weighted by Gasteiger charge is -2.49. The number of hydrogen-bond acceptors (Lipinski definition) is 13. The standard InChI is InChI=1S/C46H42N10O6S2.HI/c1-60-35-20-18-30(19-21-35)28-62-45(59)40-31(26-53-25-23-36(47)56-38(53)22-24-48-56)29-63-44-39(43(58)55(40)44)49-42(57)41(51-61-2)54-27-37(64-52-54)50-46(32-12-6-3-7-13-32,33-14-8-4-9-15-33)34-16-10-5-11-17-34;/h3-25,27,39,44,47,50,52H,26,28-29H2,1-2H3,(H,49,57);1H/t39-,44+;/m1./s1. The minimum Gasteiger partial charge on any atom is -1.00 e. The van der Waals surface area contributed by atoms with E-state index < -0.39 is 34.7 Å². The number of anilines is 1. The van der Waals surface area contributed by atoms with Crippen LogP contribution in [0.25, 0.3) is 5.65 Å². The number of hydrazine groups is 1. The first-order valence-electron chi connectivity index (χ1n) is 20.2. The summed E-state index contributed by atoms with van der Waals surface area (Å²) in [6, 6.07) is 40.1. The van der Waals surface area contributed by atoms with Gasteiger partial charge in [0.15, 0.2) is 0 Å². The van der Waals surface area contributed by atoms with Gasteiger partial charge in [-0.1, -0.05) is 118 Å². The molecule has 0 saturated carbocycles. The van der Waals surface area contributed by atoms with Crippen LogP contribution in [0.1, 0.15) is 22.3 Å². The minimum absolute atomic E-state index is 0. The molecule has 6 aromatic rings. The molecule has 2 atom stereocenters. The summed E-state index contributed by atoms with van der Waals surface area (Å²) in [6.07, 6.45) is 5.16. The Kier molecular flexibility index (Phi) is 13.6. The lowest BCUT2D eigenvalue weighted by molar-refractivity contribution is -0.666. The molecule has 0 spiro atoms. The van der Waals surface area contributed by atoms with E-state index in [1.54, 1.807) is 60.6 Å². The number of oxime groups is 1. The maximum atomic E-state index is 14.2. The van der Waals surface area contributed by atoms with E-state index >= 15 is 0 Å². The molecule has 5 heterocycles. The van der Waals surface area contributed by atoms with Crippen molar-refractivity contribution in [3.8, 4) is 5.75 Å². The SMILES string of the molecule is CON=C(C(=O)N[C@@H]1C(=O)N2C(C(=O)OCc3ccc(OC)cc3)=C(C[n+]3ccc(N)n4nccc43)CS[C@@H]12)N1C=C(NC(c2ccccc2)(c2ccccc2)c2ccccc2)SN1.[I-]. The number of aromatic nitrogens is 3. The Bertz CT molecular complexity index is 2700. The molecule has 5 N–H and O–H groups in total. The second-order valence-electron chi connectivity index (χ2n) is 14.8. The lowest BCUT2D eigenvalue weighted by atomic mass is 9.77. The van der Waals surface area contributed by atoms with Gasteiger partial charge in [-0.15, -0.1) is 11.8 Å². The molecule has 0 bridgehead atoms. The van der Waals surface area contributed by atoms with E-state index in [1.165, 1.54) is 40.7 Å². The fraction of sp³-hybridized carbons (Fsp3) is 0.174. The molecular formula is C46H43IN10O6S2. The molecule has 1 fully saturated rings. The molecule has 19 heteroatoms. The van der Waals surface area contributed by atoms with Crippen LogP contribution in [0.15, 0.2) is 167 Å². The van der Waals surface area contributed by atoms with E-state index in [0.29, 0.717) is 33.6 Å². The van der Waals surface area contributed by atoms with E-state index in [4.69, 9.17) is 20.0 Å². The Labute approximate surface area is 400 Å². The number of esters is 1. The van der Waals surface area contributed by atoms with Crippen molar-refractivity contribution in [1.29, 1.82) is 0 Å². The largest absolute Gasteiger partial charge is 1.00 e. The molecule has 3 aliphatic rings.